The fourth-order valence-electron chi connectivity index (χ4n) is 6.04. The van der Waals surface area contributed by atoms with Crippen molar-refractivity contribution < 1.29 is 38.3 Å². The molecule has 7 amide bonds. The second-order valence-corrected chi connectivity index (χ2v) is 13.1. The molecule has 0 aliphatic carbocycles. The topological polar surface area (TPSA) is 171 Å². The third-order valence-electron chi connectivity index (χ3n) is 8.48. The fraction of sp³-hybridized carbons (Fsp3) is 0.216. The Bertz CT molecular complexity index is 2020. The number of halogens is 1. The van der Waals surface area contributed by atoms with Crippen molar-refractivity contribution >= 4 is 75.7 Å². The number of nitrogens with zero attached hydrogens (tertiary/aromatic N) is 2. The van der Waals surface area contributed by atoms with Gasteiger partial charge in [-0.2, -0.15) is 0 Å². The molecular formula is C37H32ClN5O8S. The highest BCUT2D eigenvalue weighted by atomic mass is 35.5. The van der Waals surface area contributed by atoms with E-state index in [9.17, 15) is 33.6 Å². The number of hydrogen-bond donors (Lipinski definition) is 3. The molecule has 0 bridgehead atoms. The number of imide groups is 2. The quantitative estimate of drug-likeness (QED) is 0.137. The number of anilines is 2. The molecule has 6 rings (SSSR count). The summed E-state index contributed by atoms with van der Waals surface area (Å²) in [5, 5.41) is 9.59. The number of piperidine rings is 1. The van der Waals surface area contributed by atoms with E-state index in [1.165, 1.54) is 34.4 Å². The molecule has 1 saturated heterocycles. The van der Waals surface area contributed by atoms with E-state index in [1.54, 1.807) is 36.4 Å². The number of carbonyl (C=O) groups excluding carboxylic acids is 7. The van der Waals surface area contributed by atoms with Crippen molar-refractivity contribution in [3.8, 4) is 5.75 Å². The summed E-state index contributed by atoms with van der Waals surface area (Å²) in [6.45, 7) is -0.173. The molecule has 1 aromatic heterocycles. The highest BCUT2D eigenvalue weighted by Gasteiger charge is 2.46. The first-order valence-electron chi connectivity index (χ1n) is 16.3. The van der Waals surface area contributed by atoms with Crippen LogP contribution in [-0.2, 0) is 30.4 Å². The Morgan fingerprint density at radius 3 is 2.40 bits per heavy atom. The number of thiophene rings is 1. The molecule has 2 atom stereocenters. The molecule has 4 aromatic rings. The number of hydrogen-bond acceptors (Lipinski definition) is 9. The van der Waals surface area contributed by atoms with Crippen LogP contribution < -0.4 is 25.6 Å². The minimum atomic E-state index is -1.14. The van der Waals surface area contributed by atoms with Crippen molar-refractivity contribution in [3.05, 3.63) is 112 Å². The normalized spacial score (nSPS) is 15.8. The van der Waals surface area contributed by atoms with Crippen LogP contribution >= 0.6 is 22.9 Å². The summed E-state index contributed by atoms with van der Waals surface area (Å²) in [5.41, 5.74) is 1.72. The summed E-state index contributed by atoms with van der Waals surface area (Å²) in [4.78, 5) is 93.0. The lowest BCUT2D eigenvalue weighted by Crippen LogP contribution is -2.54. The molecule has 266 valence electrons. The standard InChI is InChI=1S/C37H32ClN5O8S/c38-20-31(46)42(33(28-10-5-19-52-28)35(48)39-18-17-22-6-2-1-3-7-22)24-13-11-23(12-14-24)40-30(45)21-51-27-9-4-8-25-32(27)37(50)43(36(25)49)26-15-16-29(44)41-34(26)47/h1-14,19,26,33H,15-18,20-21H2,(H,39,48)(H,40,45)(H,41,44,47). The van der Waals surface area contributed by atoms with Crippen LogP contribution in [0.3, 0.4) is 0 Å². The number of carbonyl (C=O) groups is 7. The zero-order valence-corrected chi connectivity index (χ0v) is 29.1. The van der Waals surface area contributed by atoms with E-state index >= 15 is 0 Å². The number of rotatable bonds is 13. The lowest BCUT2D eigenvalue weighted by atomic mass is 10.0. The first-order valence-corrected chi connectivity index (χ1v) is 17.7. The van der Waals surface area contributed by atoms with Gasteiger partial charge in [0.25, 0.3) is 17.7 Å². The molecule has 1 fully saturated rings. The van der Waals surface area contributed by atoms with Crippen molar-refractivity contribution in [2.24, 2.45) is 0 Å². The fourth-order valence-corrected chi connectivity index (χ4v) is 6.98. The Balaban J connectivity index is 1.12. The van der Waals surface area contributed by atoms with Gasteiger partial charge in [-0.05, 0) is 66.2 Å². The van der Waals surface area contributed by atoms with Gasteiger partial charge in [0.15, 0.2) is 6.61 Å². The second kappa shape index (κ2) is 16.0. The monoisotopic (exact) mass is 741 g/mol. The van der Waals surface area contributed by atoms with Gasteiger partial charge in [-0.25, -0.2) is 0 Å². The van der Waals surface area contributed by atoms with Crippen LogP contribution in [0.4, 0.5) is 11.4 Å². The predicted octanol–water partition coefficient (Wildman–Crippen LogP) is 3.84. The Labute approximate surface area is 306 Å². The van der Waals surface area contributed by atoms with Crippen molar-refractivity contribution in [2.45, 2.75) is 31.3 Å². The molecule has 0 spiro atoms. The maximum Gasteiger partial charge on any atom is 0.266 e. The number of benzene rings is 3. The van der Waals surface area contributed by atoms with Gasteiger partial charge >= 0.3 is 0 Å². The Morgan fingerprint density at radius 2 is 1.71 bits per heavy atom. The van der Waals surface area contributed by atoms with Crippen LogP contribution in [-0.4, -0.2) is 71.3 Å². The van der Waals surface area contributed by atoms with Gasteiger partial charge < -0.3 is 15.4 Å². The molecule has 2 aliphatic heterocycles. The third kappa shape index (κ3) is 7.72. The molecule has 2 aliphatic rings. The summed E-state index contributed by atoms with van der Waals surface area (Å²) in [7, 11) is 0. The number of amides is 7. The molecule has 3 N–H and O–H groups in total. The maximum absolute atomic E-state index is 13.6. The van der Waals surface area contributed by atoms with E-state index in [1.807, 2.05) is 35.7 Å². The molecule has 2 unspecified atom stereocenters. The number of nitrogens with one attached hydrogen (secondary N) is 3. The van der Waals surface area contributed by atoms with Gasteiger partial charge in [0.1, 0.15) is 23.7 Å². The highest BCUT2D eigenvalue weighted by molar-refractivity contribution is 7.10. The summed E-state index contributed by atoms with van der Waals surface area (Å²) in [5.74, 6) is -4.54. The van der Waals surface area contributed by atoms with E-state index in [-0.39, 0.29) is 41.5 Å². The predicted molar refractivity (Wildman–Crippen MR) is 192 cm³/mol. The molecule has 15 heteroatoms. The Morgan fingerprint density at radius 1 is 0.942 bits per heavy atom. The molecule has 3 aromatic carbocycles. The number of alkyl halides is 1. The zero-order chi connectivity index (χ0) is 36.8. The Kier molecular flexibility index (Phi) is 11.1. The average molecular weight is 742 g/mol. The van der Waals surface area contributed by atoms with Gasteiger partial charge in [-0.3, -0.25) is 48.7 Å². The molecule has 13 nitrogen and oxygen atoms in total. The highest BCUT2D eigenvalue weighted by Crippen LogP contribution is 2.34. The molecule has 0 radical (unpaired) electrons. The average Bonchev–Trinajstić information content (AvgIpc) is 3.77. The van der Waals surface area contributed by atoms with Crippen molar-refractivity contribution in [1.29, 1.82) is 0 Å². The van der Waals surface area contributed by atoms with Gasteiger partial charge in [0, 0.05) is 29.2 Å². The summed E-state index contributed by atoms with van der Waals surface area (Å²) < 4.78 is 5.67. The summed E-state index contributed by atoms with van der Waals surface area (Å²) in [6, 6.07) is 21.7. The van der Waals surface area contributed by atoms with E-state index < -0.39 is 54.1 Å². The minimum absolute atomic E-state index is 0.00195. The third-order valence-corrected chi connectivity index (χ3v) is 9.63. The molecular weight excluding hydrogens is 710 g/mol. The summed E-state index contributed by atoms with van der Waals surface area (Å²) >= 11 is 7.35. The van der Waals surface area contributed by atoms with E-state index in [4.69, 9.17) is 16.3 Å². The first-order chi connectivity index (χ1) is 25.2. The molecule has 0 saturated carbocycles. The van der Waals surface area contributed by atoms with Crippen molar-refractivity contribution in [2.75, 3.05) is 29.2 Å². The number of fused-ring (bicyclic) bond motifs is 1. The molecule has 52 heavy (non-hydrogen) atoms. The lowest BCUT2D eigenvalue weighted by Gasteiger charge is -2.30. The van der Waals surface area contributed by atoms with Crippen LogP contribution in [0.25, 0.3) is 0 Å². The number of ether oxygens (including phenoxy) is 1. The van der Waals surface area contributed by atoms with Crippen LogP contribution in [0.2, 0.25) is 0 Å². The first kappa shape index (κ1) is 35.9. The van der Waals surface area contributed by atoms with Crippen molar-refractivity contribution in [1.82, 2.24) is 15.5 Å². The minimum Gasteiger partial charge on any atom is -0.483 e. The van der Waals surface area contributed by atoms with Gasteiger partial charge in [-0.15, -0.1) is 22.9 Å². The van der Waals surface area contributed by atoms with Crippen LogP contribution in [0.15, 0.2) is 90.3 Å². The largest absolute Gasteiger partial charge is 0.483 e. The van der Waals surface area contributed by atoms with E-state index in [0.29, 0.717) is 29.2 Å². The lowest BCUT2D eigenvalue weighted by molar-refractivity contribution is -0.136. The van der Waals surface area contributed by atoms with E-state index in [2.05, 4.69) is 16.0 Å². The molecule has 3 heterocycles. The van der Waals surface area contributed by atoms with Gasteiger partial charge in [0.2, 0.25) is 23.6 Å². The smallest absolute Gasteiger partial charge is 0.266 e. The van der Waals surface area contributed by atoms with Crippen LogP contribution in [0.5, 0.6) is 5.75 Å². The SMILES string of the molecule is O=C1CCC(N2C(=O)c3cccc(OCC(=O)Nc4ccc(N(C(=O)CCl)C(C(=O)NCCc5ccccc5)c5cccs5)cc4)c3C2=O)C(=O)N1. The van der Waals surface area contributed by atoms with E-state index in [0.717, 1.165) is 10.5 Å². The zero-order valence-electron chi connectivity index (χ0n) is 27.5. The van der Waals surface area contributed by atoms with Crippen molar-refractivity contribution in [3.63, 3.8) is 0 Å². The van der Waals surface area contributed by atoms with Crippen LogP contribution in [0.1, 0.15) is 50.0 Å². The Hall–Kier alpha value is -5.86. The second-order valence-electron chi connectivity index (χ2n) is 11.9. The summed E-state index contributed by atoms with van der Waals surface area (Å²) in [6.07, 6.45) is 0.588. The van der Waals surface area contributed by atoms with Gasteiger partial charge in [0.05, 0.1) is 11.1 Å². The van der Waals surface area contributed by atoms with Crippen LogP contribution in [0, 0.1) is 0 Å². The van der Waals surface area contributed by atoms with Gasteiger partial charge in [-0.1, -0.05) is 42.5 Å². The maximum atomic E-state index is 13.6.